The molecular formula is C13H13BrN4O3+2. The van der Waals surface area contributed by atoms with Crippen LogP contribution in [0.5, 0.6) is 0 Å². The monoisotopic (exact) mass is 352 g/mol. The molecular weight excluding hydrogens is 340 g/mol. The van der Waals surface area contributed by atoms with Crippen LogP contribution in [0.3, 0.4) is 0 Å². The van der Waals surface area contributed by atoms with Crippen molar-refractivity contribution in [3.63, 3.8) is 0 Å². The molecule has 1 unspecified atom stereocenters. The SMILES string of the molecule is O=C1CN(/[NH+]=C/[C@H]2[NH+]=CC(c3ccc(Br)cc3)O2)C(=O)N1. The van der Waals surface area contributed by atoms with Crippen LogP contribution in [0.15, 0.2) is 28.7 Å². The molecule has 7 nitrogen and oxygen atoms in total. The summed E-state index contributed by atoms with van der Waals surface area (Å²) >= 11 is 3.39. The van der Waals surface area contributed by atoms with Gasteiger partial charge >= 0.3 is 12.3 Å². The van der Waals surface area contributed by atoms with Crippen molar-refractivity contribution in [2.75, 3.05) is 6.54 Å². The number of amides is 3. The number of nitrogens with one attached hydrogen (secondary N) is 3. The second-order valence-electron chi connectivity index (χ2n) is 4.60. The van der Waals surface area contributed by atoms with Gasteiger partial charge in [-0.25, -0.2) is 9.79 Å². The van der Waals surface area contributed by atoms with E-state index in [1.165, 1.54) is 5.01 Å². The molecule has 2 atom stereocenters. The molecule has 3 rings (SSSR count). The summed E-state index contributed by atoms with van der Waals surface area (Å²) in [4.78, 5) is 25.4. The quantitative estimate of drug-likeness (QED) is 0.419. The van der Waals surface area contributed by atoms with Crippen LogP contribution in [0.1, 0.15) is 11.7 Å². The molecule has 21 heavy (non-hydrogen) atoms. The molecule has 0 bridgehead atoms. The van der Waals surface area contributed by atoms with Crippen molar-refractivity contribution >= 4 is 40.3 Å². The van der Waals surface area contributed by atoms with Gasteiger partial charge in [0.25, 0.3) is 12.1 Å². The number of ether oxygens (including phenoxy) is 1. The van der Waals surface area contributed by atoms with Gasteiger partial charge in [-0.1, -0.05) is 33.1 Å². The van der Waals surface area contributed by atoms with Crippen LogP contribution in [-0.2, 0) is 9.53 Å². The first-order valence-electron chi connectivity index (χ1n) is 6.33. The molecule has 0 saturated carbocycles. The summed E-state index contributed by atoms with van der Waals surface area (Å²) in [6.07, 6.45) is 2.85. The van der Waals surface area contributed by atoms with Crippen LogP contribution in [0.4, 0.5) is 4.79 Å². The maximum absolute atomic E-state index is 11.3. The lowest BCUT2D eigenvalue weighted by atomic mass is 10.1. The molecule has 3 amide bonds. The van der Waals surface area contributed by atoms with Gasteiger partial charge in [0, 0.05) is 4.47 Å². The van der Waals surface area contributed by atoms with Crippen LogP contribution >= 0.6 is 15.9 Å². The first-order valence-corrected chi connectivity index (χ1v) is 7.12. The van der Waals surface area contributed by atoms with Crippen LogP contribution in [-0.4, -0.2) is 42.1 Å². The largest absolute Gasteiger partial charge is 0.377 e. The highest BCUT2D eigenvalue weighted by molar-refractivity contribution is 9.10. The van der Waals surface area contributed by atoms with E-state index in [0.717, 1.165) is 10.0 Å². The van der Waals surface area contributed by atoms with E-state index >= 15 is 0 Å². The van der Waals surface area contributed by atoms with Crippen LogP contribution in [0, 0.1) is 0 Å². The summed E-state index contributed by atoms with van der Waals surface area (Å²) in [5.41, 5.74) is 1.02. The molecule has 2 heterocycles. The van der Waals surface area contributed by atoms with Crippen LogP contribution < -0.4 is 15.4 Å². The lowest BCUT2D eigenvalue weighted by molar-refractivity contribution is -0.625. The average Bonchev–Trinajstić information content (AvgIpc) is 3.04. The Bertz CT molecular complexity index is 629. The minimum absolute atomic E-state index is 0.0120. The second-order valence-corrected chi connectivity index (χ2v) is 5.51. The van der Waals surface area contributed by atoms with Gasteiger partial charge in [-0.3, -0.25) is 14.8 Å². The van der Waals surface area contributed by atoms with E-state index in [1.54, 1.807) is 6.21 Å². The first-order chi connectivity index (χ1) is 10.1. The van der Waals surface area contributed by atoms with Crippen LogP contribution in [0.25, 0.3) is 0 Å². The first kappa shape index (κ1) is 13.9. The van der Waals surface area contributed by atoms with Crippen molar-refractivity contribution in [1.29, 1.82) is 0 Å². The average molecular weight is 353 g/mol. The fourth-order valence-electron chi connectivity index (χ4n) is 2.04. The molecule has 1 aromatic carbocycles. The molecule has 1 fully saturated rings. The van der Waals surface area contributed by atoms with Crippen molar-refractivity contribution in [2.24, 2.45) is 0 Å². The molecule has 1 saturated heterocycles. The number of urea groups is 1. The van der Waals surface area contributed by atoms with Crippen molar-refractivity contribution in [3.8, 4) is 0 Å². The molecule has 0 radical (unpaired) electrons. The van der Waals surface area contributed by atoms with Crippen molar-refractivity contribution < 1.29 is 24.4 Å². The highest BCUT2D eigenvalue weighted by Gasteiger charge is 2.33. The van der Waals surface area contributed by atoms with E-state index in [1.807, 2.05) is 30.5 Å². The van der Waals surface area contributed by atoms with Gasteiger partial charge in [0.1, 0.15) is 0 Å². The summed E-state index contributed by atoms with van der Waals surface area (Å²) in [5.74, 6) is -0.333. The number of hydrazone groups is 1. The molecule has 8 heteroatoms. The third kappa shape index (κ3) is 3.17. The standard InChI is InChI=1S/C13H11BrN4O3/c14-9-3-1-8(2-4-9)10-5-15-12(21-10)6-16-18-7-11(19)17-13(18)20/h1-6,10,12H,7H2,(H,17,19,20)/p+2/b16-6+/t10?,12-/m0/s1. The molecule has 108 valence electrons. The minimum Gasteiger partial charge on any atom is -0.294 e. The fraction of sp³-hybridized carbons (Fsp3) is 0.231. The van der Waals surface area contributed by atoms with Crippen molar-refractivity contribution in [3.05, 3.63) is 34.3 Å². The van der Waals surface area contributed by atoms with Gasteiger partial charge in [0.05, 0.1) is 0 Å². The Morgan fingerprint density at radius 1 is 1.38 bits per heavy atom. The Labute approximate surface area is 128 Å². The number of rotatable bonds is 3. The predicted molar refractivity (Wildman–Crippen MR) is 76.1 cm³/mol. The third-order valence-electron chi connectivity index (χ3n) is 3.08. The topological polar surface area (TPSA) is 86.6 Å². The minimum atomic E-state index is -0.470. The third-order valence-corrected chi connectivity index (χ3v) is 3.61. The van der Waals surface area contributed by atoms with E-state index in [2.05, 4.69) is 31.3 Å². The molecule has 0 spiro atoms. The summed E-state index contributed by atoms with van der Waals surface area (Å²) < 4.78 is 6.77. The second kappa shape index (κ2) is 5.74. The Kier molecular flexibility index (Phi) is 3.80. The molecule has 3 N–H and O–H groups in total. The number of hydrogen-bond donors (Lipinski definition) is 3. The highest BCUT2D eigenvalue weighted by Crippen LogP contribution is 2.19. The van der Waals surface area contributed by atoms with Gasteiger partial charge in [-0.15, -0.1) is 5.10 Å². The maximum atomic E-state index is 11.3. The lowest BCUT2D eigenvalue weighted by Gasteiger charge is -2.05. The summed E-state index contributed by atoms with van der Waals surface area (Å²) in [6, 6.07) is 7.36. The van der Waals surface area contributed by atoms with E-state index in [9.17, 15) is 9.59 Å². The van der Waals surface area contributed by atoms with Crippen molar-refractivity contribution in [1.82, 2.24) is 10.3 Å². The van der Waals surface area contributed by atoms with Crippen molar-refractivity contribution in [2.45, 2.75) is 12.3 Å². The number of carbonyl (C=O) groups is 2. The smallest absolute Gasteiger partial charge is 0.294 e. The summed E-state index contributed by atoms with van der Waals surface area (Å²) in [5, 5.41) is 6.10. The molecule has 2 aliphatic rings. The maximum Gasteiger partial charge on any atom is 0.377 e. The van der Waals surface area contributed by atoms with Gasteiger partial charge in [-0.2, -0.15) is 0 Å². The van der Waals surface area contributed by atoms with E-state index in [4.69, 9.17) is 4.74 Å². The number of benzene rings is 1. The van der Waals surface area contributed by atoms with Crippen LogP contribution in [0.2, 0.25) is 0 Å². The number of carbonyl (C=O) groups excluding carboxylic acids is 2. The van der Waals surface area contributed by atoms with E-state index in [0.29, 0.717) is 0 Å². The summed E-state index contributed by atoms with van der Waals surface area (Å²) in [7, 11) is 0. The molecule has 0 aliphatic carbocycles. The molecule has 2 aliphatic heterocycles. The normalized spacial score (nSPS) is 25.1. The Morgan fingerprint density at radius 2 is 2.14 bits per heavy atom. The zero-order valence-corrected chi connectivity index (χ0v) is 12.5. The van der Waals surface area contributed by atoms with Gasteiger partial charge in [-0.05, 0) is 17.7 Å². The number of nitrogens with zero attached hydrogens (tertiary/aromatic N) is 1. The fourth-order valence-corrected chi connectivity index (χ4v) is 2.30. The predicted octanol–water partition coefficient (Wildman–Crippen LogP) is -2.38. The number of halogens is 1. The Morgan fingerprint density at radius 3 is 2.81 bits per heavy atom. The number of hydrazine groups is 1. The Balaban J connectivity index is 1.60. The van der Waals surface area contributed by atoms with Gasteiger partial charge < -0.3 is 0 Å². The highest BCUT2D eigenvalue weighted by atomic mass is 79.9. The number of imide groups is 1. The molecule has 1 aromatic rings. The lowest BCUT2D eigenvalue weighted by Crippen LogP contribution is -2.87. The zero-order chi connectivity index (χ0) is 14.8. The Hall–Kier alpha value is -2.06. The molecule has 0 aromatic heterocycles. The zero-order valence-electron chi connectivity index (χ0n) is 10.9. The van der Waals surface area contributed by atoms with Gasteiger partial charge in [0.15, 0.2) is 18.9 Å². The van der Waals surface area contributed by atoms with E-state index < -0.39 is 6.03 Å². The summed E-state index contributed by atoms with van der Waals surface area (Å²) in [6.45, 7) is -0.0120. The van der Waals surface area contributed by atoms with E-state index in [-0.39, 0.29) is 24.8 Å². The van der Waals surface area contributed by atoms with Gasteiger partial charge in [0.2, 0.25) is 0 Å². The number of hydrogen-bond acceptors (Lipinski definition) is 3.